The summed E-state index contributed by atoms with van der Waals surface area (Å²) in [6, 6.07) is 1.55. The van der Waals surface area contributed by atoms with Crippen LogP contribution in [-0.2, 0) is 0 Å². The molecule has 0 spiro atoms. The van der Waals surface area contributed by atoms with Crippen LogP contribution in [0.4, 0.5) is 5.82 Å². The predicted octanol–water partition coefficient (Wildman–Crippen LogP) is 0.841. The van der Waals surface area contributed by atoms with Gasteiger partial charge in [-0.15, -0.1) is 0 Å². The summed E-state index contributed by atoms with van der Waals surface area (Å²) in [6.07, 6.45) is 1.45. The van der Waals surface area contributed by atoms with Crippen LogP contribution in [-0.4, -0.2) is 48.1 Å². The first kappa shape index (κ1) is 12.7. The Morgan fingerprint density at radius 3 is 2.88 bits per heavy atom. The number of carbonyl (C=O) groups is 1. The fraction of sp³-hybridized carbons (Fsp3) is 0.400. The number of aliphatic hydroxyl groups is 1. The lowest BCUT2D eigenvalue weighted by Gasteiger charge is -2.15. The van der Waals surface area contributed by atoms with Gasteiger partial charge in [0.15, 0.2) is 0 Å². The van der Waals surface area contributed by atoms with Gasteiger partial charge in [0.25, 0.3) is 5.91 Å². The molecule has 1 aromatic heterocycles. The monoisotopic (exact) mass is 243 g/mol. The molecule has 0 aliphatic carbocycles. The second-order valence-electron chi connectivity index (χ2n) is 3.25. The molecule has 2 N–H and O–H groups in total. The minimum absolute atomic E-state index is 0.0714. The molecule has 0 fully saturated rings. The fourth-order valence-corrected chi connectivity index (χ4v) is 1.47. The van der Waals surface area contributed by atoms with Crippen LogP contribution in [0, 0.1) is 0 Å². The minimum Gasteiger partial charge on any atom is -0.395 e. The highest BCUT2D eigenvalue weighted by Crippen LogP contribution is 2.19. The van der Waals surface area contributed by atoms with E-state index in [0.29, 0.717) is 16.4 Å². The molecule has 0 aromatic carbocycles. The Bertz CT molecular complexity index is 384. The second-order valence-corrected chi connectivity index (χ2v) is 3.66. The Morgan fingerprint density at radius 1 is 1.69 bits per heavy atom. The number of likely N-dealkylation sites (N-methyl/N-ethyl adjacent to an activating group) is 1. The Balaban J connectivity index is 2.88. The lowest BCUT2D eigenvalue weighted by Crippen LogP contribution is -2.29. The van der Waals surface area contributed by atoms with Gasteiger partial charge in [-0.2, -0.15) is 0 Å². The number of halogens is 1. The third-order valence-electron chi connectivity index (χ3n) is 2.11. The maximum Gasteiger partial charge on any atom is 0.255 e. The van der Waals surface area contributed by atoms with Crippen LogP contribution in [0.1, 0.15) is 10.4 Å². The van der Waals surface area contributed by atoms with E-state index in [-0.39, 0.29) is 19.1 Å². The summed E-state index contributed by atoms with van der Waals surface area (Å²) in [6.45, 7) is 0.211. The molecule has 0 saturated carbocycles. The van der Waals surface area contributed by atoms with Crippen LogP contribution in [0.5, 0.6) is 0 Å². The van der Waals surface area contributed by atoms with Gasteiger partial charge in [-0.05, 0) is 6.07 Å². The third-order valence-corrected chi connectivity index (χ3v) is 2.40. The van der Waals surface area contributed by atoms with Crippen molar-refractivity contribution in [2.24, 2.45) is 0 Å². The molecule has 1 aromatic rings. The Labute approximate surface area is 99.0 Å². The normalized spacial score (nSPS) is 10.0. The zero-order chi connectivity index (χ0) is 12.1. The van der Waals surface area contributed by atoms with Gasteiger partial charge in [0.2, 0.25) is 0 Å². The van der Waals surface area contributed by atoms with E-state index in [9.17, 15) is 4.79 Å². The maximum atomic E-state index is 11.8. The smallest absolute Gasteiger partial charge is 0.255 e. The van der Waals surface area contributed by atoms with E-state index < -0.39 is 0 Å². The Kier molecular flexibility index (Phi) is 4.52. The Hall–Kier alpha value is -1.33. The third kappa shape index (κ3) is 2.84. The van der Waals surface area contributed by atoms with Crippen molar-refractivity contribution in [3.63, 3.8) is 0 Å². The molecule has 0 atom stereocenters. The average molecular weight is 244 g/mol. The van der Waals surface area contributed by atoms with Crippen molar-refractivity contribution in [3.8, 4) is 0 Å². The lowest BCUT2D eigenvalue weighted by molar-refractivity contribution is 0.0766. The molecule has 88 valence electrons. The van der Waals surface area contributed by atoms with Crippen LogP contribution >= 0.6 is 11.6 Å². The molecule has 0 aliphatic rings. The zero-order valence-electron chi connectivity index (χ0n) is 9.20. The molecule has 1 rings (SSSR count). The van der Waals surface area contributed by atoms with Gasteiger partial charge >= 0.3 is 0 Å². The van der Waals surface area contributed by atoms with Crippen molar-refractivity contribution >= 4 is 23.3 Å². The van der Waals surface area contributed by atoms with Gasteiger partial charge in [0, 0.05) is 26.8 Å². The number of aromatic nitrogens is 1. The van der Waals surface area contributed by atoms with Crippen LogP contribution in [0.2, 0.25) is 5.02 Å². The summed E-state index contributed by atoms with van der Waals surface area (Å²) in [5, 5.41) is 11.9. The van der Waals surface area contributed by atoms with E-state index in [1.54, 1.807) is 20.2 Å². The van der Waals surface area contributed by atoms with Crippen molar-refractivity contribution in [2.45, 2.75) is 0 Å². The summed E-state index contributed by atoms with van der Waals surface area (Å²) in [4.78, 5) is 17.2. The van der Waals surface area contributed by atoms with Crippen LogP contribution < -0.4 is 5.32 Å². The molecule has 0 saturated heterocycles. The molecule has 1 amide bonds. The van der Waals surface area contributed by atoms with Crippen LogP contribution in [0.25, 0.3) is 0 Å². The van der Waals surface area contributed by atoms with E-state index in [1.165, 1.54) is 11.1 Å². The zero-order valence-corrected chi connectivity index (χ0v) is 9.95. The first-order valence-corrected chi connectivity index (χ1v) is 5.17. The molecular weight excluding hydrogens is 230 g/mol. The van der Waals surface area contributed by atoms with E-state index in [0.717, 1.165) is 0 Å². The first-order chi connectivity index (χ1) is 7.60. The highest BCUT2D eigenvalue weighted by Gasteiger charge is 2.13. The molecule has 16 heavy (non-hydrogen) atoms. The molecule has 0 radical (unpaired) electrons. The predicted molar refractivity (Wildman–Crippen MR) is 62.8 cm³/mol. The average Bonchev–Trinajstić information content (AvgIpc) is 2.28. The molecule has 1 heterocycles. The molecule has 0 aliphatic heterocycles. The maximum absolute atomic E-state index is 11.8. The van der Waals surface area contributed by atoms with Crippen molar-refractivity contribution in [1.82, 2.24) is 9.88 Å². The SMILES string of the molecule is CNc1ncc(C(=O)N(C)CCO)cc1Cl. The molecule has 5 nitrogen and oxygen atoms in total. The topological polar surface area (TPSA) is 65.5 Å². The summed E-state index contributed by atoms with van der Waals surface area (Å²) in [5.74, 6) is 0.314. The Morgan fingerprint density at radius 2 is 2.38 bits per heavy atom. The highest BCUT2D eigenvalue weighted by atomic mass is 35.5. The van der Waals surface area contributed by atoms with Crippen LogP contribution in [0.3, 0.4) is 0 Å². The number of nitrogens with zero attached hydrogens (tertiary/aromatic N) is 2. The molecule has 0 unspecified atom stereocenters. The number of amides is 1. The van der Waals surface area contributed by atoms with E-state index in [4.69, 9.17) is 16.7 Å². The number of rotatable bonds is 4. The first-order valence-electron chi connectivity index (χ1n) is 4.79. The molecular formula is C10H14ClN3O2. The van der Waals surface area contributed by atoms with Crippen LogP contribution in [0.15, 0.2) is 12.3 Å². The van der Waals surface area contributed by atoms with Gasteiger partial charge in [-0.1, -0.05) is 11.6 Å². The van der Waals surface area contributed by atoms with E-state index in [1.807, 2.05) is 0 Å². The summed E-state index contributed by atoms with van der Waals surface area (Å²) >= 11 is 5.91. The van der Waals surface area contributed by atoms with Gasteiger partial charge in [0.05, 0.1) is 17.2 Å². The number of anilines is 1. The van der Waals surface area contributed by atoms with Gasteiger partial charge in [-0.25, -0.2) is 4.98 Å². The molecule has 6 heteroatoms. The fourth-order valence-electron chi connectivity index (χ4n) is 1.21. The van der Waals surface area contributed by atoms with Crippen molar-refractivity contribution in [2.75, 3.05) is 32.6 Å². The summed E-state index contributed by atoms with van der Waals surface area (Å²) < 4.78 is 0. The van der Waals surface area contributed by atoms with E-state index >= 15 is 0 Å². The number of aliphatic hydroxyl groups excluding tert-OH is 1. The van der Waals surface area contributed by atoms with Crippen molar-refractivity contribution in [3.05, 3.63) is 22.8 Å². The van der Waals surface area contributed by atoms with Gasteiger partial charge in [-0.3, -0.25) is 4.79 Å². The highest BCUT2D eigenvalue weighted by molar-refractivity contribution is 6.33. The quantitative estimate of drug-likeness (QED) is 0.823. The van der Waals surface area contributed by atoms with Gasteiger partial charge < -0.3 is 15.3 Å². The summed E-state index contributed by atoms with van der Waals surface area (Å²) in [7, 11) is 3.31. The second kappa shape index (κ2) is 5.67. The largest absolute Gasteiger partial charge is 0.395 e. The van der Waals surface area contributed by atoms with Crippen molar-refractivity contribution in [1.29, 1.82) is 0 Å². The number of hydrogen-bond donors (Lipinski definition) is 2. The van der Waals surface area contributed by atoms with Crippen molar-refractivity contribution < 1.29 is 9.90 Å². The van der Waals surface area contributed by atoms with Gasteiger partial charge in [0.1, 0.15) is 5.82 Å². The summed E-state index contributed by atoms with van der Waals surface area (Å²) in [5.41, 5.74) is 0.403. The number of hydrogen-bond acceptors (Lipinski definition) is 4. The minimum atomic E-state index is -0.217. The molecule has 0 bridgehead atoms. The standard InChI is InChI=1S/C10H14ClN3O2/c1-12-9-8(11)5-7(6-13-9)10(16)14(2)3-4-15/h5-6,15H,3-4H2,1-2H3,(H,12,13). The number of nitrogens with one attached hydrogen (secondary N) is 1. The van der Waals surface area contributed by atoms with E-state index in [2.05, 4.69) is 10.3 Å². The number of carbonyl (C=O) groups excluding carboxylic acids is 1. The lowest BCUT2D eigenvalue weighted by atomic mass is 10.2. The number of pyridine rings is 1.